The molecule has 2 nitrogen and oxygen atoms in total. The van der Waals surface area contributed by atoms with Crippen LogP contribution in [0.4, 0.5) is 0 Å². The van der Waals surface area contributed by atoms with Crippen molar-refractivity contribution < 1.29 is 0 Å². The van der Waals surface area contributed by atoms with Crippen LogP contribution in [0.3, 0.4) is 0 Å². The second-order valence-electron chi connectivity index (χ2n) is 5.66. The third-order valence-electron chi connectivity index (χ3n) is 4.32. The Labute approximate surface area is 139 Å². The molecule has 2 heterocycles. The van der Waals surface area contributed by atoms with Gasteiger partial charge >= 0.3 is 0 Å². The van der Waals surface area contributed by atoms with Crippen LogP contribution in [0.2, 0.25) is 0 Å². The predicted molar refractivity (Wildman–Crippen MR) is 93.6 cm³/mol. The van der Waals surface area contributed by atoms with E-state index in [1.807, 2.05) is 11.3 Å². The van der Waals surface area contributed by atoms with Crippen LogP contribution in [0, 0.1) is 0 Å². The summed E-state index contributed by atoms with van der Waals surface area (Å²) in [6.45, 7) is 4.30. The van der Waals surface area contributed by atoms with E-state index in [1.165, 1.54) is 11.1 Å². The standard InChI is InChI=1S/C17H21BrN2S/c1-2-15(19)17(12-3-5-14(18)6-4-12)20-9-7-16-13(11-20)8-10-21-16/h3-6,8,10,15,17H,2,7,9,11,19H2,1H3. The first-order valence-corrected chi connectivity index (χ1v) is 9.16. The highest BCUT2D eigenvalue weighted by molar-refractivity contribution is 9.10. The summed E-state index contributed by atoms with van der Waals surface area (Å²) in [5.74, 6) is 0. The summed E-state index contributed by atoms with van der Waals surface area (Å²) < 4.78 is 1.12. The molecule has 0 radical (unpaired) electrons. The molecule has 0 fully saturated rings. The quantitative estimate of drug-likeness (QED) is 0.873. The monoisotopic (exact) mass is 364 g/mol. The Hall–Kier alpha value is -0.680. The number of nitrogens with two attached hydrogens (primary N) is 1. The minimum atomic E-state index is 0.173. The van der Waals surface area contributed by atoms with E-state index in [0.717, 1.165) is 30.4 Å². The zero-order valence-corrected chi connectivity index (χ0v) is 14.7. The van der Waals surface area contributed by atoms with Gasteiger partial charge in [-0.05, 0) is 47.5 Å². The fourth-order valence-corrected chi connectivity index (χ4v) is 4.27. The molecule has 0 aliphatic carbocycles. The Bertz CT molecular complexity index is 593. The molecule has 0 spiro atoms. The molecule has 1 aliphatic heterocycles. The maximum absolute atomic E-state index is 6.46. The molecule has 21 heavy (non-hydrogen) atoms. The number of fused-ring (bicyclic) bond motifs is 1. The van der Waals surface area contributed by atoms with Crippen molar-refractivity contribution in [2.24, 2.45) is 5.73 Å². The molecule has 112 valence electrons. The number of rotatable bonds is 4. The van der Waals surface area contributed by atoms with Crippen molar-refractivity contribution in [3.63, 3.8) is 0 Å². The predicted octanol–water partition coefficient (Wildman–Crippen LogP) is 4.35. The molecular formula is C17H21BrN2S. The molecule has 1 aliphatic rings. The molecule has 2 aromatic rings. The Morgan fingerprint density at radius 3 is 2.76 bits per heavy atom. The van der Waals surface area contributed by atoms with Gasteiger partial charge in [-0.15, -0.1) is 11.3 Å². The van der Waals surface area contributed by atoms with Gasteiger partial charge in [0.15, 0.2) is 0 Å². The summed E-state index contributed by atoms with van der Waals surface area (Å²) in [4.78, 5) is 4.10. The molecule has 0 saturated heterocycles. The van der Waals surface area contributed by atoms with Crippen LogP contribution in [-0.2, 0) is 13.0 Å². The highest BCUT2D eigenvalue weighted by Gasteiger charge is 2.29. The van der Waals surface area contributed by atoms with E-state index in [4.69, 9.17) is 5.73 Å². The van der Waals surface area contributed by atoms with Crippen molar-refractivity contribution in [2.75, 3.05) is 6.54 Å². The number of hydrogen-bond acceptors (Lipinski definition) is 3. The smallest absolute Gasteiger partial charge is 0.0502 e. The Balaban J connectivity index is 1.88. The molecule has 1 aromatic carbocycles. The fraction of sp³-hybridized carbons (Fsp3) is 0.412. The Morgan fingerprint density at radius 1 is 1.29 bits per heavy atom. The van der Waals surface area contributed by atoms with Gasteiger partial charge in [0.2, 0.25) is 0 Å². The largest absolute Gasteiger partial charge is 0.326 e. The lowest BCUT2D eigenvalue weighted by Gasteiger charge is -2.38. The van der Waals surface area contributed by atoms with E-state index in [-0.39, 0.29) is 6.04 Å². The fourth-order valence-electron chi connectivity index (χ4n) is 3.12. The van der Waals surface area contributed by atoms with Crippen LogP contribution >= 0.6 is 27.3 Å². The molecule has 0 saturated carbocycles. The first kappa shape index (κ1) is 15.2. The third-order valence-corrected chi connectivity index (χ3v) is 5.87. The summed E-state index contributed by atoms with van der Waals surface area (Å²) in [7, 11) is 0. The van der Waals surface area contributed by atoms with E-state index in [2.05, 4.69) is 63.5 Å². The summed E-state index contributed by atoms with van der Waals surface area (Å²) in [6, 6.07) is 11.4. The number of hydrogen-bond donors (Lipinski definition) is 1. The van der Waals surface area contributed by atoms with Crippen LogP contribution in [0.15, 0.2) is 40.2 Å². The van der Waals surface area contributed by atoms with Gasteiger partial charge in [-0.25, -0.2) is 0 Å². The first-order chi connectivity index (χ1) is 10.2. The second kappa shape index (κ2) is 6.61. The summed E-state index contributed by atoms with van der Waals surface area (Å²) in [5.41, 5.74) is 9.27. The minimum absolute atomic E-state index is 0.173. The number of nitrogens with zero attached hydrogens (tertiary/aromatic N) is 1. The molecular weight excluding hydrogens is 344 g/mol. The molecule has 2 atom stereocenters. The van der Waals surface area contributed by atoms with Crippen molar-refractivity contribution in [3.8, 4) is 0 Å². The van der Waals surface area contributed by atoms with Crippen LogP contribution in [0.25, 0.3) is 0 Å². The van der Waals surface area contributed by atoms with E-state index in [1.54, 1.807) is 4.88 Å². The lowest BCUT2D eigenvalue weighted by atomic mass is 9.94. The number of thiophene rings is 1. The maximum atomic E-state index is 6.46. The third kappa shape index (κ3) is 3.24. The maximum Gasteiger partial charge on any atom is 0.0502 e. The van der Waals surface area contributed by atoms with Gasteiger partial charge in [0, 0.05) is 28.5 Å². The van der Waals surface area contributed by atoms with Crippen molar-refractivity contribution in [1.82, 2.24) is 4.90 Å². The first-order valence-electron chi connectivity index (χ1n) is 7.49. The SMILES string of the molecule is CCC(N)C(c1ccc(Br)cc1)N1CCc2sccc2C1. The second-order valence-corrected chi connectivity index (χ2v) is 7.57. The Kier molecular flexibility index (Phi) is 4.79. The zero-order chi connectivity index (χ0) is 14.8. The Morgan fingerprint density at radius 2 is 2.05 bits per heavy atom. The van der Waals surface area contributed by atoms with Gasteiger partial charge in [0.1, 0.15) is 0 Å². The molecule has 1 aromatic heterocycles. The van der Waals surface area contributed by atoms with Crippen LogP contribution in [0.1, 0.15) is 35.4 Å². The van der Waals surface area contributed by atoms with E-state index in [0.29, 0.717) is 6.04 Å². The van der Waals surface area contributed by atoms with Crippen molar-refractivity contribution in [3.05, 3.63) is 56.2 Å². The normalized spacial score (nSPS) is 18.2. The van der Waals surface area contributed by atoms with E-state index < -0.39 is 0 Å². The summed E-state index contributed by atoms with van der Waals surface area (Å²) >= 11 is 5.40. The molecule has 3 rings (SSSR count). The van der Waals surface area contributed by atoms with E-state index >= 15 is 0 Å². The van der Waals surface area contributed by atoms with Crippen molar-refractivity contribution >= 4 is 27.3 Å². The molecule has 0 amide bonds. The van der Waals surface area contributed by atoms with Gasteiger partial charge in [-0.1, -0.05) is 35.0 Å². The topological polar surface area (TPSA) is 29.3 Å². The summed E-state index contributed by atoms with van der Waals surface area (Å²) in [6.07, 6.45) is 2.14. The highest BCUT2D eigenvalue weighted by atomic mass is 79.9. The van der Waals surface area contributed by atoms with Crippen LogP contribution in [-0.4, -0.2) is 17.5 Å². The van der Waals surface area contributed by atoms with E-state index in [9.17, 15) is 0 Å². The summed E-state index contributed by atoms with van der Waals surface area (Å²) in [5, 5.41) is 2.21. The lowest BCUT2D eigenvalue weighted by Crippen LogP contribution is -2.43. The lowest BCUT2D eigenvalue weighted by molar-refractivity contribution is 0.154. The van der Waals surface area contributed by atoms with Gasteiger partial charge < -0.3 is 5.73 Å². The van der Waals surface area contributed by atoms with Gasteiger partial charge in [0.25, 0.3) is 0 Å². The number of benzene rings is 1. The molecule has 2 unspecified atom stereocenters. The minimum Gasteiger partial charge on any atom is -0.326 e. The molecule has 2 N–H and O–H groups in total. The van der Waals surface area contributed by atoms with Gasteiger partial charge in [-0.2, -0.15) is 0 Å². The molecule has 0 bridgehead atoms. The van der Waals surface area contributed by atoms with Gasteiger partial charge in [0.05, 0.1) is 6.04 Å². The zero-order valence-electron chi connectivity index (χ0n) is 12.3. The number of halogens is 1. The average Bonchev–Trinajstić information content (AvgIpc) is 2.97. The van der Waals surface area contributed by atoms with Crippen LogP contribution in [0.5, 0.6) is 0 Å². The van der Waals surface area contributed by atoms with Crippen molar-refractivity contribution in [1.29, 1.82) is 0 Å². The molecule has 4 heteroatoms. The van der Waals surface area contributed by atoms with Gasteiger partial charge in [-0.3, -0.25) is 4.90 Å². The average molecular weight is 365 g/mol. The van der Waals surface area contributed by atoms with Crippen molar-refractivity contribution in [2.45, 2.75) is 38.4 Å². The van der Waals surface area contributed by atoms with Crippen LogP contribution < -0.4 is 5.73 Å². The highest BCUT2D eigenvalue weighted by Crippen LogP contribution is 2.32.